The largest absolute Gasteiger partial charge is 0.447 e. The Morgan fingerprint density at radius 3 is 1.78 bits per heavy atom. The van der Waals surface area contributed by atoms with Crippen molar-refractivity contribution >= 4 is 27.1 Å². The summed E-state index contributed by atoms with van der Waals surface area (Å²) in [7, 11) is -6.77. The van der Waals surface area contributed by atoms with E-state index < -0.39 is 47.7 Å². The maximum atomic E-state index is 13.7. The lowest BCUT2D eigenvalue weighted by Gasteiger charge is -2.29. The van der Waals surface area contributed by atoms with Crippen LogP contribution >= 0.6 is 11.6 Å². The van der Waals surface area contributed by atoms with Gasteiger partial charge in [0.05, 0.1) is 9.82 Å². The Bertz CT molecular complexity index is 729. The molecule has 14 heteroatoms. The first-order chi connectivity index (χ1) is 10.1. The molecule has 0 N–H and O–H groups in total. The van der Waals surface area contributed by atoms with Crippen molar-refractivity contribution in [1.29, 1.82) is 0 Å². The third-order valence-corrected chi connectivity index (χ3v) is 4.92. The van der Waals surface area contributed by atoms with Crippen molar-refractivity contribution in [2.75, 3.05) is 0 Å². The third-order valence-electron chi connectivity index (χ3n) is 2.52. The van der Waals surface area contributed by atoms with Gasteiger partial charge >= 0.3 is 17.4 Å². The van der Waals surface area contributed by atoms with Crippen molar-refractivity contribution in [3.8, 4) is 0 Å². The van der Waals surface area contributed by atoms with Gasteiger partial charge in [-0.15, -0.1) is 0 Å². The molecule has 0 fully saturated rings. The summed E-state index contributed by atoms with van der Waals surface area (Å²) in [4.78, 5) is 7.28. The fraction of sp³-hybridized carbons (Fsp3) is 0.333. The van der Waals surface area contributed by atoms with Crippen LogP contribution < -0.4 is 0 Å². The van der Waals surface area contributed by atoms with Crippen molar-refractivity contribution in [2.45, 2.75) is 22.2 Å². The maximum Gasteiger partial charge on any atom is 0.447 e. The quantitative estimate of drug-likeness (QED) is 0.447. The molecule has 1 rings (SSSR count). The molecule has 0 saturated carbocycles. The number of benzene rings is 1. The topological polar surface area (TPSA) is 77.3 Å². The number of nitro benzene ring substituents is 1. The summed E-state index contributed by atoms with van der Waals surface area (Å²) >= 11 is 5.26. The molecule has 0 aromatic heterocycles. The highest BCUT2D eigenvalue weighted by molar-refractivity contribution is 7.92. The lowest BCUT2D eigenvalue weighted by Crippen LogP contribution is -2.58. The van der Waals surface area contributed by atoms with E-state index in [0.29, 0.717) is 6.07 Å². The summed E-state index contributed by atoms with van der Waals surface area (Å²) in [5.41, 5.74) is -1.31. The van der Waals surface area contributed by atoms with E-state index >= 15 is 0 Å². The minimum absolute atomic E-state index is 0.0937. The van der Waals surface area contributed by atoms with Gasteiger partial charge in [0.25, 0.3) is 5.69 Å². The summed E-state index contributed by atoms with van der Waals surface area (Å²) < 4.78 is 112. The van der Waals surface area contributed by atoms with Gasteiger partial charge in [0.15, 0.2) is 0 Å². The van der Waals surface area contributed by atoms with Crippen molar-refractivity contribution in [3.63, 3.8) is 0 Å². The van der Waals surface area contributed by atoms with Crippen LogP contribution in [-0.2, 0) is 9.84 Å². The molecule has 0 unspecified atom stereocenters. The van der Waals surface area contributed by atoms with Gasteiger partial charge < -0.3 is 0 Å². The minimum Gasteiger partial charge on any atom is -0.258 e. The lowest BCUT2D eigenvalue weighted by atomic mass is 10.3. The molecule has 0 atom stereocenters. The molecule has 0 saturated heterocycles. The first-order valence-corrected chi connectivity index (χ1v) is 6.94. The number of sulfone groups is 1. The van der Waals surface area contributed by atoms with Crippen LogP contribution in [0.3, 0.4) is 0 Å². The van der Waals surface area contributed by atoms with Gasteiger partial charge in [-0.3, -0.25) is 10.1 Å². The van der Waals surface area contributed by atoms with E-state index in [1.54, 1.807) is 0 Å². The molecule has 1 aromatic rings. The average molecular weight is 390 g/mol. The summed E-state index contributed by atoms with van der Waals surface area (Å²) in [6.07, 6.45) is -13.8. The van der Waals surface area contributed by atoms with E-state index in [-0.39, 0.29) is 12.1 Å². The Balaban J connectivity index is 3.76. The number of rotatable bonds is 3. The zero-order valence-corrected chi connectivity index (χ0v) is 11.8. The van der Waals surface area contributed by atoms with E-state index in [1.165, 1.54) is 0 Å². The van der Waals surface area contributed by atoms with Crippen LogP contribution in [0.2, 0.25) is 5.02 Å². The number of hydrogen-bond acceptors (Lipinski definition) is 4. The molecule has 0 spiro atoms. The zero-order valence-electron chi connectivity index (χ0n) is 10.2. The zero-order chi connectivity index (χ0) is 18.4. The predicted octanol–water partition coefficient (Wildman–Crippen LogP) is 3.81. The standard InChI is InChI=1S/C9H3ClF7NO4S/c10-5-2-1-4(3-6(5)18(19)20)23(21,22)7(11,8(12,13)14)9(15,16)17/h1-3H. The Morgan fingerprint density at radius 1 is 1.00 bits per heavy atom. The molecule has 1 aromatic carbocycles. The molecular formula is C9H3ClF7NO4S. The highest BCUT2D eigenvalue weighted by atomic mass is 35.5. The normalized spacial score (nSPS) is 13.9. The molecule has 0 radical (unpaired) electrons. The van der Waals surface area contributed by atoms with Gasteiger partial charge in [-0.25, -0.2) is 12.8 Å². The maximum absolute atomic E-state index is 13.7. The molecule has 0 aliphatic carbocycles. The molecule has 23 heavy (non-hydrogen) atoms. The van der Waals surface area contributed by atoms with Crippen molar-refractivity contribution in [2.24, 2.45) is 0 Å². The van der Waals surface area contributed by atoms with Crippen LogP contribution in [-0.4, -0.2) is 30.7 Å². The lowest BCUT2D eigenvalue weighted by molar-refractivity contribution is -0.384. The average Bonchev–Trinajstić information content (AvgIpc) is 2.34. The number of nitrogens with zero attached hydrogens (tertiary/aromatic N) is 1. The molecule has 0 amide bonds. The molecular weight excluding hydrogens is 387 g/mol. The first-order valence-electron chi connectivity index (χ1n) is 5.08. The van der Waals surface area contributed by atoms with E-state index in [2.05, 4.69) is 0 Å². The van der Waals surface area contributed by atoms with Gasteiger partial charge in [-0.1, -0.05) is 11.6 Å². The fourth-order valence-corrected chi connectivity index (χ4v) is 3.06. The second kappa shape index (κ2) is 5.47. The van der Waals surface area contributed by atoms with Crippen LogP contribution in [0.1, 0.15) is 0 Å². The Labute approximate surface area is 127 Å². The number of alkyl halides is 7. The monoisotopic (exact) mass is 389 g/mol. The molecule has 130 valence electrons. The van der Waals surface area contributed by atoms with Gasteiger partial charge in [0.1, 0.15) is 5.02 Å². The molecule has 0 aliphatic heterocycles. The van der Waals surface area contributed by atoms with Crippen molar-refractivity contribution in [3.05, 3.63) is 33.3 Å². The van der Waals surface area contributed by atoms with Gasteiger partial charge in [-0.05, 0) is 12.1 Å². The molecule has 0 heterocycles. The van der Waals surface area contributed by atoms with E-state index in [4.69, 9.17) is 11.6 Å². The van der Waals surface area contributed by atoms with E-state index in [1.807, 2.05) is 0 Å². The second-order valence-electron chi connectivity index (χ2n) is 3.96. The Morgan fingerprint density at radius 2 is 1.43 bits per heavy atom. The predicted molar refractivity (Wildman–Crippen MR) is 61.2 cm³/mol. The van der Waals surface area contributed by atoms with E-state index in [0.717, 1.165) is 0 Å². The van der Waals surface area contributed by atoms with Crippen LogP contribution in [0.4, 0.5) is 36.4 Å². The number of halogens is 8. The Hall–Kier alpha value is -1.63. The first kappa shape index (κ1) is 19.4. The summed E-state index contributed by atoms with van der Waals surface area (Å²) in [5.74, 6) is 0. The molecule has 5 nitrogen and oxygen atoms in total. The molecule has 0 bridgehead atoms. The van der Waals surface area contributed by atoms with Gasteiger partial charge in [0, 0.05) is 6.07 Å². The van der Waals surface area contributed by atoms with Crippen LogP contribution in [0.5, 0.6) is 0 Å². The van der Waals surface area contributed by atoms with Gasteiger partial charge in [0.2, 0.25) is 9.84 Å². The van der Waals surface area contributed by atoms with Crippen LogP contribution in [0.15, 0.2) is 23.1 Å². The van der Waals surface area contributed by atoms with Crippen molar-refractivity contribution < 1.29 is 44.1 Å². The fourth-order valence-electron chi connectivity index (χ4n) is 1.43. The van der Waals surface area contributed by atoms with Crippen LogP contribution in [0.25, 0.3) is 0 Å². The summed E-state index contributed by atoms with van der Waals surface area (Å²) in [6, 6.07) is 0.264. The highest BCUT2D eigenvalue weighted by Crippen LogP contribution is 2.52. The van der Waals surface area contributed by atoms with Crippen molar-refractivity contribution in [1.82, 2.24) is 0 Å². The van der Waals surface area contributed by atoms with Crippen LogP contribution in [0, 0.1) is 10.1 Å². The summed E-state index contributed by atoms with van der Waals surface area (Å²) in [6.45, 7) is 0. The number of hydrogen-bond donors (Lipinski definition) is 0. The SMILES string of the molecule is O=[N+]([O-])c1cc(S(=O)(=O)C(F)(C(F)(F)F)C(F)(F)F)ccc1Cl. The smallest absolute Gasteiger partial charge is 0.258 e. The summed E-state index contributed by atoms with van der Waals surface area (Å²) in [5, 5.41) is 3.12. The third kappa shape index (κ3) is 2.94. The minimum atomic E-state index is -6.88. The second-order valence-corrected chi connectivity index (χ2v) is 6.41. The number of nitro groups is 1. The Kier molecular flexibility index (Phi) is 4.62. The van der Waals surface area contributed by atoms with Gasteiger partial charge in [-0.2, -0.15) is 26.3 Å². The highest BCUT2D eigenvalue weighted by Gasteiger charge is 2.80. The molecule has 0 aliphatic rings. The van der Waals surface area contributed by atoms with E-state index in [9.17, 15) is 49.3 Å².